The van der Waals surface area contributed by atoms with Gasteiger partial charge in [-0.25, -0.2) is 13.1 Å². The summed E-state index contributed by atoms with van der Waals surface area (Å²) in [7, 11) is -3.57. The maximum Gasteiger partial charge on any atom is 0.255 e. The summed E-state index contributed by atoms with van der Waals surface area (Å²) in [4.78, 5) is 12.5. The molecular weight excluding hydrogens is 374 g/mol. The number of hydrogen-bond acceptors (Lipinski definition) is 4. The summed E-state index contributed by atoms with van der Waals surface area (Å²) in [6.07, 6.45) is 1.74. The van der Waals surface area contributed by atoms with Gasteiger partial charge in [-0.3, -0.25) is 4.79 Å². The molecule has 1 aliphatic rings. The molecule has 3 rings (SSSR count). The molecule has 0 bridgehead atoms. The van der Waals surface area contributed by atoms with E-state index in [1.54, 1.807) is 43.3 Å². The summed E-state index contributed by atoms with van der Waals surface area (Å²) in [5, 5.41) is 2.74. The maximum absolute atomic E-state index is 12.4. The number of benzene rings is 2. The second-order valence-corrected chi connectivity index (χ2v) is 7.91. The van der Waals surface area contributed by atoms with Crippen molar-refractivity contribution in [2.75, 3.05) is 5.32 Å². The quantitative estimate of drug-likeness (QED) is 0.699. The van der Waals surface area contributed by atoms with Crippen molar-refractivity contribution in [2.45, 2.75) is 37.2 Å². The molecule has 8 heteroatoms. The molecule has 4 N–H and O–H groups in total. The van der Waals surface area contributed by atoms with Gasteiger partial charge in [-0.2, -0.15) is 0 Å². The van der Waals surface area contributed by atoms with Gasteiger partial charge in [0, 0.05) is 23.8 Å². The molecule has 0 heterocycles. The van der Waals surface area contributed by atoms with Crippen molar-refractivity contribution in [1.82, 2.24) is 4.72 Å². The van der Waals surface area contributed by atoms with Crippen LogP contribution in [0.2, 0.25) is 0 Å². The largest absolute Gasteiger partial charge is 0.326 e. The predicted octanol–water partition coefficient (Wildman–Crippen LogP) is 2.57. The number of nitrogens with two attached hydrogens (primary N) is 1. The highest BCUT2D eigenvalue weighted by Crippen LogP contribution is 2.25. The smallest absolute Gasteiger partial charge is 0.255 e. The van der Waals surface area contributed by atoms with Gasteiger partial charge in [0.25, 0.3) is 5.91 Å². The van der Waals surface area contributed by atoms with Crippen LogP contribution in [0.4, 0.5) is 5.69 Å². The summed E-state index contributed by atoms with van der Waals surface area (Å²) in [6, 6.07) is 11.9. The standard InChI is InChI=1S/C18H21N3O3S.ClH/c1-12-2-7-16(10-17(12)25(23,24)21-15-8-9-15)20-18(22)14-5-3-13(11-19)4-6-14;/h2-7,10,15,21H,8-9,11,19H2,1H3,(H,20,22);1H. The molecule has 0 aliphatic heterocycles. The maximum atomic E-state index is 12.4. The summed E-state index contributed by atoms with van der Waals surface area (Å²) >= 11 is 0. The van der Waals surface area contributed by atoms with Crippen LogP contribution in [0.1, 0.15) is 34.3 Å². The molecule has 2 aromatic carbocycles. The molecular formula is C18H22ClN3O3S. The molecule has 1 fully saturated rings. The Morgan fingerprint density at radius 2 is 1.81 bits per heavy atom. The van der Waals surface area contributed by atoms with Crippen molar-refractivity contribution >= 4 is 34.0 Å². The average Bonchev–Trinajstić information content (AvgIpc) is 3.39. The third-order valence-corrected chi connectivity index (χ3v) is 5.75. The van der Waals surface area contributed by atoms with Gasteiger partial charge in [0.15, 0.2) is 0 Å². The van der Waals surface area contributed by atoms with E-state index >= 15 is 0 Å². The Kier molecular flexibility index (Phi) is 6.41. The number of hydrogen-bond donors (Lipinski definition) is 3. The topological polar surface area (TPSA) is 101 Å². The van der Waals surface area contributed by atoms with Crippen molar-refractivity contribution in [3.05, 3.63) is 59.2 Å². The van der Waals surface area contributed by atoms with E-state index in [1.165, 1.54) is 6.07 Å². The molecule has 6 nitrogen and oxygen atoms in total. The second-order valence-electron chi connectivity index (χ2n) is 6.23. The zero-order valence-electron chi connectivity index (χ0n) is 14.4. The molecule has 0 radical (unpaired) electrons. The summed E-state index contributed by atoms with van der Waals surface area (Å²) in [6.45, 7) is 2.15. The molecule has 2 aromatic rings. The molecule has 1 aliphatic carbocycles. The number of nitrogens with one attached hydrogen (secondary N) is 2. The van der Waals surface area contributed by atoms with Crippen LogP contribution in [-0.2, 0) is 16.6 Å². The fourth-order valence-electron chi connectivity index (χ4n) is 2.45. The van der Waals surface area contributed by atoms with Gasteiger partial charge < -0.3 is 11.1 Å². The van der Waals surface area contributed by atoms with Crippen molar-refractivity contribution < 1.29 is 13.2 Å². The lowest BCUT2D eigenvalue weighted by molar-refractivity contribution is 0.102. The van der Waals surface area contributed by atoms with E-state index < -0.39 is 10.0 Å². The van der Waals surface area contributed by atoms with Crippen LogP contribution in [0.3, 0.4) is 0 Å². The molecule has 0 aromatic heterocycles. The molecule has 0 atom stereocenters. The Hall–Kier alpha value is -1.93. The van der Waals surface area contributed by atoms with Gasteiger partial charge in [0.05, 0.1) is 4.90 Å². The van der Waals surface area contributed by atoms with E-state index in [0.29, 0.717) is 23.4 Å². The zero-order chi connectivity index (χ0) is 18.0. The number of anilines is 1. The average molecular weight is 396 g/mol. The fourth-order valence-corrected chi connectivity index (χ4v) is 4.02. The molecule has 1 saturated carbocycles. The number of carbonyl (C=O) groups excluding carboxylic acids is 1. The van der Waals surface area contributed by atoms with E-state index in [1.807, 2.05) is 0 Å². The summed E-state index contributed by atoms with van der Waals surface area (Å²) in [5.74, 6) is -0.300. The van der Waals surface area contributed by atoms with Crippen molar-refractivity contribution in [3.63, 3.8) is 0 Å². The number of sulfonamides is 1. The third-order valence-electron chi connectivity index (χ3n) is 4.09. The highest BCUT2D eigenvalue weighted by molar-refractivity contribution is 7.89. The Morgan fingerprint density at radius 3 is 2.38 bits per heavy atom. The Morgan fingerprint density at radius 1 is 1.15 bits per heavy atom. The highest BCUT2D eigenvalue weighted by Gasteiger charge is 2.29. The molecule has 0 saturated heterocycles. The first kappa shape index (κ1) is 20.4. The SMILES string of the molecule is Cc1ccc(NC(=O)c2ccc(CN)cc2)cc1S(=O)(=O)NC1CC1.Cl. The van der Waals surface area contributed by atoms with Gasteiger partial charge in [-0.1, -0.05) is 18.2 Å². The first-order valence-corrected chi connectivity index (χ1v) is 9.61. The highest BCUT2D eigenvalue weighted by atomic mass is 35.5. The van der Waals surface area contributed by atoms with Gasteiger partial charge in [0.2, 0.25) is 10.0 Å². The van der Waals surface area contributed by atoms with E-state index in [4.69, 9.17) is 5.73 Å². The van der Waals surface area contributed by atoms with Crippen LogP contribution in [0, 0.1) is 6.92 Å². The minimum absolute atomic E-state index is 0. The number of halogens is 1. The van der Waals surface area contributed by atoms with E-state index in [9.17, 15) is 13.2 Å². The lowest BCUT2D eigenvalue weighted by atomic mass is 10.1. The Balaban J connectivity index is 0.00000243. The van der Waals surface area contributed by atoms with Crippen LogP contribution in [0.25, 0.3) is 0 Å². The van der Waals surface area contributed by atoms with E-state index in [0.717, 1.165) is 18.4 Å². The predicted molar refractivity (Wildman–Crippen MR) is 104 cm³/mol. The van der Waals surface area contributed by atoms with Crippen molar-refractivity contribution in [1.29, 1.82) is 0 Å². The molecule has 0 unspecified atom stereocenters. The normalized spacial score (nSPS) is 13.8. The number of amides is 1. The first-order chi connectivity index (χ1) is 11.9. The second kappa shape index (κ2) is 8.18. The van der Waals surface area contributed by atoms with Crippen LogP contribution in [0.15, 0.2) is 47.4 Å². The number of aryl methyl sites for hydroxylation is 1. The molecule has 1 amide bonds. The first-order valence-electron chi connectivity index (χ1n) is 8.12. The zero-order valence-corrected chi connectivity index (χ0v) is 16.0. The molecule has 26 heavy (non-hydrogen) atoms. The summed E-state index contributed by atoms with van der Waals surface area (Å²) in [5.41, 5.74) is 8.04. The van der Waals surface area contributed by atoms with Gasteiger partial charge >= 0.3 is 0 Å². The number of rotatable bonds is 6. The van der Waals surface area contributed by atoms with Gasteiger partial charge in [-0.15, -0.1) is 12.4 Å². The lowest BCUT2D eigenvalue weighted by Crippen LogP contribution is -2.26. The molecule has 140 valence electrons. The molecule has 0 spiro atoms. The Bertz CT molecular complexity index is 894. The van der Waals surface area contributed by atoms with E-state index in [2.05, 4.69) is 10.0 Å². The Labute approximate surface area is 159 Å². The summed E-state index contributed by atoms with van der Waals surface area (Å²) < 4.78 is 27.6. The number of carbonyl (C=O) groups is 1. The minimum atomic E-state index is -3.57. The third kappa shape index (κ3) is 4.82. The van der Waals surface area contributed by atoms with Crippen LogP contribution >= 0.6 is 12.4 Å². The van der Waals surface area contributed by atoms with Crippen LogP contribution < -0.4 is 15.8 Å². The minimum Gasteiger partial charge on any atom is -0.326 e. The van der Waals surface area contributed by atoms with Crippen LogP contribution in [0.5, 0.6) is 0 Å². The van der Waals surface area contributed by atoms with E-state index in [-0.39, 0.29) is 29.3 Å². The van der Waals surface area contributed by atoms with Crippen LogP contribution in [-0.4, -0.2) is 20.4 Å². The fraction of sp³-hybridized carbons (Fsp3) is 0.278. The van der Waals surface area contributed by atoms with Gasteiger partial charge in [0.1, 0.15) is 0 Å². The van der Waals surface area contributed by atoms with Crippen molar-refractivity contribution in [2.24, 2.45) is 5.73 Å². The van der Waals surface area contributed by atoms with Gasteiger partial charge in [-0.05, 0) is 55.2 Å². The lowest BCUT2D eigenvalue weighted by Gasteiger charge is -2.12. The monoisotopic (exact) mass is 395 g/mol. The van der Waals surface area contributed by atoms with Crippen molar-refractivity contribution in [3.8, 4) is 0 Å².